The van der Waals surface area contributed by atoms with Gasteiger partial charge in [0.2, 0.25) is 0 Å². The largest absolute Gasteiger partial charge is 0.376 e. The van der Waals surface area contributed by atoms with Crippen molar-refractivity contribution < 1.29 is 13.9 Å². The molecule has 4 aromatic rings. The van der Waals surface area contributed by atoms with Crippen molar-refractivity contribution in [2.24, 2.45) is 0 Å². The molecule has 9 heteroatoms. The van der Waals surface area contributed by atoms with Crippen LogP contribution in [0.2, 0.25) is 0 Å². The van der Waals surface area contributed by atoms with Gasteiger partial charge in [-0.1, -0.05) is 12.1 Å². The number of amides is 1. The van der Waals surface area contributed by atoms with E-state index >= 15 is 0 Å². The lowest BCUT2D eigenvalue weighted by Crippen LogP contribution is -2.40. The van der Waals surface area contributed by atoms with Crippen LogP contribution in [0.15, 0.2) is 55.0 Å². The predicted octanol–water partition coefficient (Wildman–Crippen LogP) is 3.74. The van der Waals surface area contributed by atoms with Gasteiger partial charge in [0.1, 0.15) is 17.3 Å². The zero-order valence-corrected chi connectivity index (χ0v) is 19.3. The quantitative estimate of drug-likeness (QED) is 0.460. The molecule has 0 radical (unpaired) electrons. The third-order valence-corrected chi connectivity index (χ3v) is 6.54. The number of anilines is 2. The number of carbonyl (C=O) groups excluding carboxylic acids is 1. The van der Waals surface area contributed by atoms with Gasteiger partial charge < -0.3 is 15.4 Å². The van der Waals surface area contributed by atoms with E-state index in [4.69, 9.17) is 4.74 Å². The predicted molar refractivity (Wildman–Crippen MR) is 130 cm³/mol. The fourth-order valence-electron chi connectivity index (χ4n) is 4.87. The maximum Gasteiger partial charge on any atom is 0.254 e. The number of halogens is 1. The van der Waals surface area contributed by atoms with Crippen LogP contribution in [0.5, 0.6) is 0 Å². The number of aromatic nitrogens is 3. The average Bonchev–Trinajstić information content (AvgIpc) is 3.44. The maximum atomic E-state index is 13.6. The minimum atomic E-state index is -0.339. The Morgan fingerprint density at radius 1 is 1.20 bits per heavy atom. The summed E-state index contributed by atoms with van der Waals surface area (Å²) < 4.78 is 21.0. The number of pyridine rings is 2. The van der Waals surface area contributed by atoms with Gasteiger partial charge in [-0.25, -0.2) is 14.4 Å². The monoisotopic (exact) mass is 472 g/mol. The second kappa shape index (κ2) is 8.75. The first-order valence-electron chi connectivity index (χ1n) is 11.7. The fraction of sp³-hybridized carbons (Fsp3) is 0.269. The summed E-state index contributed by atoms with van der Waals surface area (Å²) in [6.07, 6.45) is 5.47. The highest BCUT2D eigenvalue weighted by atomic mass is 19.1. The topological polar surface area (TPSA) is 83.8 Å². The molecule has 2 aliphatic rings. The van der Waals surface area contributed by atoms with Crippen LogP contribution < -0.4 is 10.6 Å². The number of nitrogens with zero attached hydrogens (tertiary/aromatic N) is 4. The molecule has 0 unspecified atom stereocenters. The molecule has 8 nitrogen and oxygen atoms in total. The van der Waals surface area contributed by atoms with Gasteiger partial charge in [-0.15, -0.1) is 0 Å². The van der Waals surface area contributed by atoms with Crippen LogP contribution in [-0.2, 0) is 17.8 Å². The number of imidazole rings is 1. The average molecular weight is 473 g/mol. The van der Waals surface area contributed by atoms with Crippen LogP contribution in [-0.4, -0.2) is 51.0 Å². The third-order valence-electron chi connectivity index (χ3n) is 6.54. The summed E-state index contributed by atoms with van der Waals surface area (Å²) in [5.74, 6) is 0.195. The standard InChI is InChI=1S/C26H25FN6O2/c1-16-14-32(8-9-35-16)15-17-2-5-23(28-11-17)31-21-4-3-19(20-12-30-26(34)25(20)21)22-13-29-24-10-18(27)6-7-33(22)24/h2-7,10-11,13,16H,8-9,12,14-15H2,1H3,(H,28,31)(H,30,34)/t16-/m0/s1. The molecule has 1 atom stereocenters. The number of hydrogen-bond donors (Lipinski definition) is 2. The summed E-state index contributed by atoms with van der Waals surface area (Å²) >= 11 is 0. The van der Waals surface area contributed by atoms with Gasteiger partial charge in [0.15, 0.2) is 0 Å². The zero-order valence-electron chi connectivity index (χ0n) is 19.3. The Morgan fingerprint density at radius 3 is 2.94 bits per heavy atom. The van der Waals surface area contributed by atoms with Gasteiger partial charge in [0.25, 0.3) is 5.91 Å². The summed E-state index contributed by atoms with van der Waals surface area (Å²) in [7, 11) is 0. The van der Waals surface area contributed by atoms with Crippen molar-refractivity contribution in [3.8, 4) is 11.3 Å². The molecule has 0 saturated carbocycles. The molecule has 0 bridgehead atoms. The van der Waals surface area contributed by atoms with Crippen LogP contribution in [0, 0.1) is 5.82 Å². The molecule has 2 N–H and O–H groups in total. The van der Waals surface area contributed by atoms with Gasteiger partial charge in [-0.05, 0) is 36.2 Å². The van der Waals surface area contributed by atoms with E-state index in [0.29, 0.717) is 29.3 Å². The maximum absolute atomic E-state index is 13.6. The second-order valence-corrected chi connectivity index (χ2v) is 9.01. The van der Waals surface area contributed by atoms with Crippen LogP contribution in [0.1, 0.15) is 28.4 Å². The highest BCUT2D eigenvalue weighted by Gasteiger charge is 2.27. The Bertz CT molecular complexity index is 1420. The third kappa shape index (κ3) is 4.13. The molecule has 1 saturated heterocycles. The molecule has 3 aromatic heterocycles. The van der Waals surface area contributed by atoms with Crippen LogP contribution in [0.3, 0.4) is 0 Å². The first-order chi connectivity index (χ1) is 17.0. The zero-order chi connectivity index (χ0) is 23.9. The number of morpholine rings is 1. The number of rotatable bonds is 5. The highest BCUT2D eigenvalue weighted by Crippen LogP contribution is 2.35. The first-order valence-corrected chi connectivity index (χ1v) is 11.7. The molecule has 2 aliphatic heterocycles. The van der Waals surface area contributed by atoms with E-state index in [1.54, 1.807) is 12.4 Å². The number of hydrogen-bond acceptors (Lipinski definition) is 6. The first kappa shape index (κ1) is 21.7. The number of ether oxygens (including phenoxy) is 1. The Labute approximate surface area is 201 Å². The van der Waals surface area contributed by atoms with Crippen molar-refractivity contribution >= 4 is 23.1 Å². The molecule has 1 amide bonds. The van der Waals surface area contributed by atoms with Crippen LogP contribution in [0.25, 0.3) is 16.9 Å². The molecule has 178 valence electrons. The van der Waals surface area contributed by atoms with Crippen molar-refractivity contribution in [2.45, 2.75) is 26.1 Å². The van der Waals surface area contributed by atoms with E-state index in [-0.39, 0.29) is 17.8 Å². The summed E-state index contributed by atoms with van der Waals surface area (Å²) in [6.45, 7) is 5.92. The summed E-state index contributed by atoms with van der Waals surface area (Å²) in [5.41, 5.74) is 5.50. The number of benzene rings is 1. The van der Waals surface area contributed by atoms with Gasteiger partial charge >= 0.3 is 0 Å². The number of fused-ring (bicyclic) bond motifs is 2. The summed E-state index contributed by atoms with van der Waals surface area (Å²) in [4.78, 5) is 24.0. The van der Waals surface area contributed by atoms with E-state index in [2.05, 4.69) is 38.5 Å². The molecule has 1 fully saturated rings. The lowest BCUT2D eigenvalue weighted by molar-refractivity contribution is -0.0212. The normalized spacial score (nSPS) is 18.0. The molecule has 1 aromatic carbocycles. The minimum Gasteiger partial charge on any atom is -0.376 e. The second-order valence-electron chi connectivity index (χ2n) is 9.01. The Kier molecular flexibility index (Phi) is 5.43. The Balaban J connectivity index is 1.27. The molecular weight excluding hydrogens is 447 g/mol. The molecular formula is C26H25FN6O2. The van der Waals surface area contributed by atoms with E-state index in [0.717, 1.165) is 48.6 Å². The smallest absolute Gasteiger partial charge is 0.254 e. The molecule has 6 rings (SSSR count). The molecule has 35 heavy (non-hydrogen) atoms. The number of nitrogens with one attached hydrogen (secondary N) is 2. The van der Waals surface area contributed by atoms with E-state index in [1.165, 1.54) is 12.1 Å². The minimum absolute atomic E-state index is 0.137. The van der Waals surface area contributed by atoms with Gasteiger partial charge in [-0.2, -0.15) is 0 Å². The Hall–Kier alpha value is -3.82. The lowest BCUT2D eigenvalue weighted by Gasteiger charge is -2.30. The lowest BCUT2D eigenvalue weighted by atomic mass is 9.99. The van der Waals surface area contributed by atoms with E-state index in [1.807, 2.05) is 28.8 Å². The number of carbonyl (C=O) groups is 1. The fourth-order valence-corrected chi connectivity index (χ4v) is 4.87. The molecule has 5 heterocycles. The van der Waals surface area contributed by atoms with Crippen molar-refractivity contribution in [2.75, 3.05) is 25.0 Å². The summed E-state index contributed by atoms with van der Waals surface area (Å²) in [6, 6.07) is 10.6. The summed E-state index contributed by atoms with van der Waals surface area (Å²) in [5, 5.41) is 6.24. The molecule has 0 spiro atoms. The van der Waals surface area contributed by atoms with Gasteiger partial charge in [0.05, 0.1) is 35.9 Å². The van der Waals surface area contributed by atoms with Crippen molar-refractivity contribution in [3.05, 3.63) is 77.5 Å². The van der Waals surface area contributed by atoms with Crippen LogP contribution >= 0.6 is 0 Å². The molecule has 0 aliphatic carbocycles. The van der Waals surface area contributed by atoms with E-state index < -0.39 is 0 Å². The van der Waals surface area contributed by atoms with Crippen molar-refractivity contribution in [1.82, 2.24) is 24.6 Å². The van der Waals surface area contributed by atoms with Crippen LogP contribution in [0.4, 0.5) is 15.9 Å². The van der Waals surface area contributed by atoms with Crippen molar-refractivity contribution in [1.29, 1.82) is 0 Å². The highest BCUT2D eigenvalue weighted by molar-refractivity contribution is 6.06. The van der Waals surface area contributed by atoms with E-state index in [9.17, 15) is 9.18 Å². The van der Waals surface area contributed by atoms with Gasteiger partial charge in [-0.3, -0.25) is 14.1 Å². The Morgan fingerprint density at radius 2 is 2.11 bits per heavy atom. The van der Waals surface area contributed by atoms with Crippen molar-refractivity contribution in [3.63, 3.8) is 0 Å². The SMILES string of the molecule is C[C@H]1CN(Cc2ccc(Nc3ccc(-c4cnc5cc(F)ccn45)c4c3C(=O)NC4)nc2)CCO1. The van der Waals surface area contributed by atoms with Gasteiger partial charge in [0, 0.05) is 50.2 Å².